The second-order valence-corrected chi connectivity index (χ2v) is 8.92. The molecule has 3 fully saturated rings. The molecule has 8 atom stereocenters. The highest BCUT2D eigenvalue weighted by atomic mass is 16.3. The van der Waals surface area contributed by atoms with Gasteiger partial charge < -0.3 is 15.3 Å². The van der Waals surface area contributed by atoms with Crippen LogP contribution in [0.5, 0.6) is 0 Å². The lowest BCUT2D eigenvalue weighted by molar-refractivity contribution is -0.141. The molecule has 0 aromatic rings. The molecular weight excluding hydrogens is 276 g/mol. The molecule has 3 heteroatoms. The molecular formula is C19H30O3. The summed E-state index contributed by atoms with van der Waals surface area (Å²) in [5.74, 6) is 1.40. The van der Waals surface area contributed by atoms with E-state index in [4.69, 9.17) is 0 Å². The van der Waals surface area contributed by atoms with Crippen LogP contribution in [0.3, 0.4) is 0 Å². The normalized spacial score (nSPS) is 57.6. The monoisotopic (exact) mass is 306 g/mol. The van der Waals surface area contributed by atoms with Crippen molar-refractivity contribution >= 4 is 0 Å². The number of aliphatic hydroxyl groups excluding tert-OH is 3. The zero-order valence-electron chi connectivity index (χ0n) is 13.8. The van der Waals surface area contributed by atoms with Crippen LogP contribution in [0.4, 0.5) is 0 Å². The molecule has 0 amide bonds. The minimum Gasteiger partial charge on any atom is -0.393 e. The lowest BCUT2D eigenvalue weighted by atomic mass is 9.46. The van der Waals surface area contributed by atoms with Crippen molar-refractivity contribution < 1.29 is 15.3 Å². The van der Waals surface area contributed by atoms with Gasteiger partial charge in [-0.1, -0.05) is 25.5 Å². The summed E-state index contributed by atoms with van der Waals surface area (Å²) in [5, 5.41) is 31.4. The van der Waals surface area contributed by atoms with Crippen molar-refractivity contribution in [2.45, 2.75) is 77.1 Å². The average Bonchev–Trinajstić information content (AvgIpc) is 2.75. The Balaban J connectivity index is 1.72. The van der Waals surface area contributed by atoms with E-state index in [2.05, 4.69) is 19.9 Å². The number of hydrogen-bond acceptors (Lipinski definition) is 3. The maximum Gasteiger partial charge on any atom is 0.0724 e. The van der Waals surface area contributed by atoms with E-state index in [0.717, 1.165) is 44.9 Å². The molecule has 4 aliphatic carbocycles. The minimum absolute atomic E-state index is 0.0520. The third kappa shape index (κ3) is 1.85. The molecule has 4 aliphatic rings. The van der Waals surface area contributed by atoms with Crippen molar-refractivity contribution in [3.05, 3.63) is 11.6 Å². The number of allylic oxidation sites excluding steroid dienone is 1. The molecule has 0 saturated heterocycles. The van der Waals surface area contributed by atoms with E-state index < -0.39 is 0 Å². The van der Waals surface area contributed by atoms with Crippen molar-refractivity contribution in [1.82, 2.24) is 0 Å². The number of aliphatic hydroxyl groups is 3. The van der Waals surface area contributed by atoms with Crippen LogP contribution in [-0.4, -0.2) is 33.6 Å². The average molecular weight is 306 g/mol. The Bertz CT molecular complexity index is 501. The second-order valence-electron chi connectivity index (χ2n) is 8.92. The molecule has 0 bridgehead atoms. The Hall–Kier alpha value is -0.380. The predicted molar refractivity (Wildman–Crippen MR) is 85.1 cm³/mol. The fourth-order valence-electron chi connectivity index (χ4n) is 6.81. The third-order valence-electron chi connectivity index (χ3n) is 7.97. The first kappa shape index (κ1) is 15.2. The Morgan fingerprint density at radius 1 is 1.05 bits per heavy atom. The summed E-state index contributed by atoms with van der Waals surface area (Å²) < 4.78 is 0. The van der Waals surface area contributed by atoms with Crippen molar-refractivity contribution in [1.29, 1.82) is 0 Å². The largest absolute Gasteiger partial charge is 0.393 e. The predicted octanol–water partition coefficient (Wildman–Crippen LogP) is 2.64. The molecule has 3 nitrogen and oxygen atoms in total. The van der Waals surface area contributed by atoms with Crippen LogP contribution in [0.25, 0.3) is 0 Å². The Labute approximate surface area is 133 Å². The first-order valence-electron chi connectivity index (χ1n) is 9.11. The van der Waals surface area contributed by atoms with E-state index in [1.165, 1.54) is 5.57 Å². The first-order valence-corrected chi connectivity index (χ1v) is 9.11. The summed E-state index contributed by atoms with van der Waals surface area (Å²) >= 11 is 0. The lowest BCUT2D eigenvalue weighted by Crippen LogP contribution is -2.57. The van der Waals surface area contributed by atoms with Gasteiger partial charge in [-0.05, 0) is 73.5 Å². The maximum absolute atomic E-state index is 11.0. The second kappa shape index (κ2) is 4.81. The van der Waals surface area contributed by atoms with Gasteiger partial charge in [-0.2, -0.15) is 0 Å². The van der Waals surface area contributed by atoms with Crippen LogP contribution in [0.2, 0.25) is 0 Å². The van der Waals surface area contributed by atoms with Crippen molar-refractivity contribution in [2.24, 2.45) is 28.6 Å². The topological polar surface area (TPSA) is 60.7 Å². The van der Waals surface area contributed by atoms with Crippen LogP contribution in [-0.2, 0) is 0 Å². The molecule has 0 aliphatic heterocycles. The smallest absolute Gasteiger partial charge is 0.0724 e. The van der Waals surface area contributed by atoms with Gasteiger partial charge in [-0.25, -0.2) is 0 Å². The maximum atomic E-state index is 11.0. The SMILES string of the molecule is C[C@]12C[C@H](O)[C@H]3[C@@H](CCC4=C[C@@H](O)CC[C@@]43C)[C@@H]1CC[C@@H]2O. The molecule has 22 heavy (non-hydrogen) atoms. The Kier molecular flexibility index (Phi) is 3.32. The fraction of sp³-hybridized carbons (Fsp3) is 0.895. The summed E-state index contributed by atoms with van der Waals surface area (Å²) in [6, 6.07) is 0. The molecule has 0 unspecified atom stereocenters. The van der Waals surface area contributed by atoms with Crippen LogP contribution in [0.1, 0.15) is 58.8 Å². The first-order chi connectivity index (χ1) is 10.4. The van der Waals surface area contributed by atoms with E-state index in [-0.39, 0.29) is 29.1 Å². The third-order valence-corrected chi connectivity index (χ3v) is 7.97. The fourth-order valence-corrected chi connectivity index (χ4v) is 6.81. The summed E-state index contributed by atoms with van der Waals surface area (Å²) in [4.78, 5) is 0. The van der Waals surface area contributed by atoms with Crippen LogP contribution >= 0.6 is 0 Å². The number of hydrogen-bond donors (Lipinski definition) is 3. The van der Waals surface area contributed by atoms with E-state index >= 15 is 0 Å². The van der Waals surface area contributed by atoms with E-state index in [0.29, 0.717) is 17.8 Å². The lowest BCUT2D eigenvalue weighted by Gasteiger charge is -2.59. The zero-order valence-corrected chi connectivity index (χ0v) is 13.8. The highest BCUT2D eigenvalue weighted by Crippen LogP contribution is 2.65. The molecule has 0 radical (unpaired) electrons. The highest BCUT2D eigenvalue weighted by molar-refractivity contribution is 5.26. The van der Waals surface area contributed by atoms with Gasteiger partial charge in [0.05, 0.1) is 18.3 Å². The molecule has 3 saturated carbocycles. The molecule has 0 heterocycles. The van der Waals surface area contributed by atoms with E-state index in [1.807, 2.05) is 0 Å². The van der Waals surface area contributed by atoms with Crippen LogP contribution in [0.15, 0.2) is 11.6 Å². The molecule has 0 aromatic carbocycles. The van der Waals surface area contributed by atoms with Crippen molar-refractivity contribution in [2.75, 3.05) is 0 Å². The van der Waals surface area contributed by atoms with Crippen LogP contribution < -0.4 is 0 Å². The zero-order chi connectivity index (χ0) is 15.7. The summed E-state index contributed by atoms with van der Waals surface area (Å²) in [7, 11) is 0. The number of rotatable bonds is 0. The van der Waals surface area contributed by atoms with Gasteiger partial charge >= 0.3 is 0 Å². The van der Waals surface area contributed by atoms with Gasteiger partial charge in [0.2, 0.25) is 0 Å². The Morgan fingerprint density at radius 2 is 1.82 bits per heavy atom. The van der Waals surface area contributed by atoms with Crippen LogP contribution in [0, 0.1) is 28.6 Å². The quantitative estimate of drug-likeness (QED) is 0.603. The summed E-state index contributed by atoms with van der Waals surface area (Å²) in [6.07, 6.45) is 7.96. The standard InChI is InChI=1S/C19H30O3/c1-18-8-7-12(20)9-11(18)3-4-13-14-5-6-16(22)19(14,2)10-15(21)17(13)18/h9,12-17,20-22H,3-8,10H2,1-2H3/t12-,13-,14-,15-,16-,17+,18-,19-/m0/s1. The minimum atomic E-state index is -0.317. The summed E-state index contributed by atoms with van der Waals surface area (Å²) in [6.45, 7) is 4.52. The molecule has 4 rings (SSSR count). The molecule has 0 aromatic heterocycles. The van der Waals surface area contributed by atoms with Gasteiger partial charge in [0.15, 0.2) is 0 Å². The summed E-state index contributed by atoms with van der Waals surface area (Å²) in [5.41, 5.74) is 1.34. The van der Waals surface area contributed by atoms with E-state index in [9.17, 15) is 15.3 Å². The molecule has 124 valence electrons. The highest BCUT2D eigenvalue weighted by Gasteiger charge is 2.61. The van der Waals surface area contributed by atoms with Gasteiger partial charge in [0.1, 0.15) is 0 Å². The molecule has 0 spiro atoms. The van der Waals surface area contributed by atoms with E-state index in [1.54, 1.807) is 0 Å². The van der Waals surface area contributed by atoms with Gasteiger partial charge in [0.25, 0.3) is 0 Å². The van der Waals surface area contributed by atoms with Gasteiger partial charge in [0, 0.05) is 0 Å². The Morgan fingerprint density at radius 3 is 2.59 bits per heavy atom. The molecule has 3 N–H and O–H groups in total. The van der Waals surface area contributed by atoms with Crippen molar-refractivity contribution in [3.63, 3.8) is 0 Å². The van der Waals surface area contributed by atoms with Gasteiger partial charge in [-0.15, -0.1) is 0 Å². The number of fused-ring (bicyclic) bond motifs is 5. The van der Waals surface area contributed by atoms with Crippen molar-refractivity contribution in [3.8, 4) is 0 Å². The van der Waals surface area contributed by atoms with Gasteiger partial charge in [-0.3, -0.25) is 0 Å².